The average Bonchev–Trinajstić information content (AvgIpc) is 3.40. The summed E-state index contributed by atoms with van der Waals surface area (Å²) < 4.78 is 0. The van der Waals surface area contributed by atoms with Crippen molar-refractivity contribution in [3.8, 4) is 0 Å². The van der Waals surface area contributed by atoms with Gasteiger partial charge in [0.15, 0.2) is 0 Å². The lowest BCUT2D eigenvalue weighted by Gasteiger charge is -2.19. The molecule has 0 saturated heterocycles. The fraction of sp³-hybridized carbons (Fsp3) is 0.928. The molecule has 0 heterocycles. The predicted molar refractivity (Wildman–Crippen MR) is 327 cm³/mol. The zero-order valence-corrected chi connectivity index (χ0v) is 50.2. The Labute approximate surface area is 459 Å². The highest BCUT2D eigenvalue weighted by atomic mass is 16.3. The molecule has 0 bridgehead atoms. The zero-order chi connectivity index (χ0) is 52.7. The molecule has 0 saturated carbocycles. The molecule has 0 spiro atoms. The van der Waals surface area contributed by atoms with Crippen LogP contribution >= 0.6 is 0 Å². The maximum absolute atomic E-state index is 12.5. The first-order valence-corrected chi connectivity index (χ1v) is 34.1. The van der Waals surface area contributed by atoms with Gasteiger partial charge >= 0.3 is 0 Å². The molecule has 0 aliphatic rings. The Hall–Kier alpha value is -1.13. The number of hydrogen-bond acceptors (Lipinski definition) is 3. The molecule has 434 valence electrons. The first kappa shape index (κ1) is 71.9. The Bertz CT molecular complexity index is 1070. The van der Waals surface area contributed by atoms with E-state index in [0.717, 1.165) is 32.1 Å². The topological polar surface area (TPSA) is 69.6 Å². The minimum atomic E-state index is -0.860. The first-order valence-electron chi connectivity index (χ1n) is 34.1. The highest BCUT2D eigenvalue weighted by Crippen LogP contribution is 2.19. The quantitative estimate of drug-likeness (QED) is 0.0420. The van der Waals surface area contributed by atoms with Crippen molar-refractivity contribution in [2.45, 2.75) is 405 Å². The van der Waals surface area contributed by atoms with Crippen LogP contribution < -0.4 is 5.32 Å². The number of allylic oxidation sites excluding steroid dienone is 3. The van der Waals surface area contributed by atoms with Gasteiger partial charge in [0.05, 0.1) is 18.8 Å². The van der Waals surface area contributed by atoms with Gasteiger partial charge in [0.25, 0.3) is 0 Å². The summed E-state index contributed by atoms with van der Waals surface area (Å²) >= 11 is 0. The normalized spacial score (nSPS) is 12.8. The number of nitrogens with one attached hydrogen (secondary N) is 1. The van der Waals surface area contributed by atoms with E-state index in [4.69, 9.17) is 0 Å². The highest BCUT2D eigenvalue weighted by molar-refractivity contribution is 5.76. The van der Waals surface area contributed by atoms with E-state index in [0.29, 0.717) is 6.42 Å². The van der Waals surface area contributed by atoms with Gasteiger partial charge in [0, 0.05) is 6.42 Å². The molecular weight excluding hydrogens is 891 g/mol. The third-order valence-corrected chi connectivity index (χ3v) is 16.2. The van der Waals surface area contributed by atoms with Crippen LogP contribution in [0, 0.1) is 0 Å². The second-order valence-electron chi connectivity index (χ2n) is 23.6. The van der Waals surface area contributed by atoms with Gasteiger partial charge in [-0.1, -0.05) is 378 Å². The van der Waals surface area contributed by atoms with Crippen LogP contribution in [0.15, 0.2) is 24.3 Å². The van der Waals surface area contributed by atoms with Crippen molar-refractivity contribution < 1.29 is 15.0 Å². The molecule has 0 aromatic heterocycles. The number of unbranched alkanes of at least 4 members (excludes halogenated alkanes) is 55. The van der Waals surface area contributed by atoms with Crippen LogP contribution in [0.1, 0.15) is 393 Å². The maximum Gasteiger partial charge on any atom is 0.220 e. The molecule has 4 heteroatoms. The van der Waals surface area contributed by atoms with Crippen molar-refractivity contribution in [1.82, 2.24) is 5.32 Å². The lowest BCUT2D eigenvalue weighted by molar-refractivity contribution is -0.123. The van der Waals surface area contributed by atoms with Gasteiger partial charge in [-0.25, -0.2) is 0 Å². The van der Waals surface area contributed by atoms with E-state index in [-0.39, 0.29) is 12.5 Å². The number of aliphatic hydroxyl groups is 2. The van der Waals surface area contributed by atoms with Gasteiger partial charge in [-0.05, 0) is 32.1 Å². The fourth-order valence-corrected chi connectivity index (χ4v) is 11.0. The van der Waals surface area contributed by atoms with Gasteiger partial charge < -0.3 is 15.5 Å². The number of amides is 1. The Balaban J connectivity index is 3.37. The summed E-state index contributed by atoms with van der Waals surface area (Å²) in [5, 5.41) is 23.2. The second-order valence-corrected chi connectivity index (χ2v) is 23.6. The van der Waals surface area contributed by atoms with Crippen molar-refractivity contribution in [2.75, 3.05) is 6.61 Å². The highest BCUT2D eigenvalue weighted by Gasteiger charge is 2.18. The van der Waals surface area contributed by atoms with Gasteiger partial charge in [-0.3, -0.25) is 4.79 Å². The van der Waals surface area contributed by atoms with Gasteiger partial charge in [-0.15, -0.1) is 0 Å². The molecular formula is C69H135NO3. The molecule has 0 aliphatic carbocycles. The van der Waals surface area contributed by atoms with Gasteiger partial charge in [0.1, 0.15) is 0 Å². The summed E-state index contributed by atoms with van der Waals surface area (Å²) in [6.45, 7) is 4.34. The molecule has 0 aromatic carbocycles. The molecule has 4 nitrogen and oxygen atoms in total. The van der Waals surface area contributed by atoms with Crippen molar-refractivity contribution in [1.29, 1.82) is 0 Å². The van der Waals surface area contributed by atoms with E-state index in [1.165, 1.54) is 340 Å². The minimum Gasteiger partial charge on any atom is -0.394 e. The largest absolute Gasteiger partial charge is 0.394 e. The van der Waals surface area contributed by atoms with Gasteiger partial charge in [0.2, 0.25) is 5.91 Å². The van der Waals surface area contributed by atoms with Crippen molar-refractivity contribution in [2.24, 2.45) is 0 Å². The molecule has 0 fully saturated rings. The number of aliphatic hydroxyl groups excluding tert-OH is 2. The number of carbonyl (C=O) groups excluding carboxylic acids is 1. The smallest absolute Gasteiger partial charge is 0.220 e. The van der Waals surface area contributed by atoms with Crippen molar-refractivity contribution in [3.05, 3.63) is 24.3 Å². The fourth-order valence-electron chi connectivity index (χ4n) is 11.0. The summed E-state index contributed by atoms with van der Waals surface area (Å²) in [5.41, 5.74) is 0. The lowest BCUT2D eigenvalue weighted by Crippen LogP contribution is -2.45. The molecule has 1 amide bonds. The monoisotopic (exact) mass is 1030 g/mol. The first-order chi connectivity index (χ1) is 36.2. The molecule has 0 rings (SSSR count). The van der Waals surface area contributed by atoms with Crippen molar-refractivity contribution >= 4 is 5.91 Å². The number of carbonyl (C=O) groups is 1. The second kappa shape index (κ2) is 65.2. The Kier molecular flexibility index (Phi) is 64.1. The number of hydrogen-bond donors (Lipinski definition) is 3. The summed E-state index contributed by atoms with van der Waals surface area (Å²) in [5.74, 6) is -0.0651. The third-order valence-electron chi connectivity index (χ3n) is 16.2. The third kappa shape index (κ3) is 61.6. The molecule has 73 heavy (non-hydrogen) atoms. The minimum absolute atomic E-state index is 0.0651. The summed E-state index contributed by atoms with van der Waals surface area (Å²) in [6, 6.07) is -0.637. The molecule has 2 atom stereocenters. The molecule has 0 radical (unpaired) electrons. The Morgan fingerprint density at radius 2 is 0.534 bits per heavy atom. The van der Waals surface area contributed by atoms with Crippen molar-refractivity contribution in [3.63, 3.8) is 0 Å². The predicted octanol–water partition coefficient (Wildman–Crippen LogP) is 23.0. The van der Waals surface area contributed by atoms with E-state index in [2.05, 4.69) is 31.3 Å². The van der Waals surface area contributed by atoms with E-state index in [9.17, 15) is 15.0 Å². The van der Waals surface area contributed by atoms with Crippen LogP contribution in [0.25, 0.3) is 0 Å². The van der Waals surface area contributed by atoms with E-state index in [1.807, 2.05) is 6.08 Å². The number of rotatable bonds is 64. The van der Waals surface area contributed by atoms with Crippen LogP contribution in [0.3, 0.4) is 0 Å². The van der Waals surface area contributed by atoms with Crippen LogP contribution in [0.5, 0.6) is 0 Å². The van der Waals surface area contributed by atoms with E-state index < -0.39 is 12.1 Å². The molecule has 2 unspecified atom stereocenters. The Morgan fingerprint density at radius 3 is 0.795 bits per heavy atom. The summed E-state index contributed by atoms with van der Waals surface area (Å²) in [6.07, 6.45) is 88.5. The van der Waals surface area contributed by atoms with Gasteiger partial charge in [-0.2, -0.15) is 0 Å². The van der Waals surface area contributed by atoms with E-state index >= 15 is 0 Å². The maximum atomic E-state index is 12.5. The Morgan fingerprint density at radius 1 is 0.315 bits per heavy atom. The average molecular weight is 1030 g/mol. The summed E-state index contributed by atoms with van der Waals surface area (Å²) in [7, 11) is 0. The SMILES string of the molecule is CCCCCCCCCCCCCCCC/C=C/CC/C=C/C(O)C(CO)NC(=O)CCCCCCCCCCCCCCCCCCCCCCCCCCCCCCCCCCCCCCCCCCC. The molecule has 0 aliphatic heterocycles. The zero-order valence-electron chi connectivity index (χ0n) is 50.2. The van der Waals surface area contributed by atoms with Crippen LogP contribution in [0.2, 0.25) is 0 Å². The standard InChI is InChI=1S/C69H135NO3/c1-3-5-7-9-11-13-15-17-19-21-23-25-26-27-28-29-30-31-32-33-34-35-36-37-38-39-40-41-42-43-44-45-47-49-51-53-55-57-59-61-63-65-69(73)70-67(66-71)68(72)64-62-60-58-56-54-52-50-48-46-24-22-20-18-16-14-12-10-8-6-4-2/h54,56,62,64,67-68,71-72H,3-53,55,57-61,63,65-66H2,1-2H3,(H,70,73)/b56-54+,64-62+. The van der Waals surface area contributed by atoms with Crippen LogP contribution in [0.4, 0.5) is 0 Å². The van der Waals surface area contributed by atoms with E-state index in [1.54, 1.807) is 6.08 Å². The molecule has 0 aromatic rings. The molecule has 3 N–H and O–H groups in total. The van der Waals surface area contributed by atoms with Crippen LogP contribution in [-0.2, 0) is 4.79 Å². The summed E-state index contributed by atoms with van der Waals surface area (Å²) in [4.78, 5) is 12.5. The lowest BCUT2D eigenvalue weighted by atomic mass is 10.0. The van der Waals surface area contributed by atoms with Crippen LogP contribution in [-0.4, -0.2) is 34.9 Å².